The molecule has 0 amide bonds. The highest BCUT2D eigenvalue weighted by Gasteiger charge is 2.06. The molecule has 0 aliphatic carbocycles. The van der Waals surface area contributed by atoms with Crippen molar-refractivity contribution in [2.45, 2.75) is 11.6 Å². The van der Waals surface area contributed by atoms with Crippen molar-refractivity contribution in [2.24, 2.45) is 0 Å². The lowest BCUT2D eigenvalue weighted by atomic mass is 10.1. The van der Waals surface area contributed by atoms with Crippen LogP contribution in [0, 0.1) is 0 Å². The molecule has 0 bridgehead atoms. The van der Waals surface area contributed by atoms with E-state index in [1.807, 2.05) is 25.4 Å². The molecule has 2 N–H and O–H groups in total. The van der Waals surface area contributed by atoms with E-state index in [9.17, 15) is 0 Å². The minimum absolute atomic E-state index is 0.515. The molecule has 0 aliphatic rings. The van der Waals surface area contributed by atoms with Crippen LogP contribution in [0.15, 0.2) is 41.6 Å². The van der Waals surface area contributed by atoms with Crippen molar-refractivity contribution in [2.75, 3.05) is 30.5 Å². The van der Waals surface area contributed by atoms with Crippen LogP contribution in [0.5, 0.6) is 0 Å². The smallest absolute Gasteiger partial charge is 0.191 e. The minimum Gasteiger partial charge on any atom is -0.383 e. The third-order valence-corrected chi connectivity index (χ3v) is 3.41. The van der Waals surface area contributed by atoms with Crippen LogP contribution in [0.4, 0.5) is 11.6 Å². The van der Waals surface area contributed by atoms with Crippen LogP contribution in [0.3, 0.4) is 0 Å². The molecular weight excluding hydrogens is 256 g/mol. The fourth-order valence-electron chi connectivity index (χ4n) is 1.77. The molecule has 0 fully saturated rings. The molecule has 0 saturated heterocycles. The van der Waals surface area contributed by atoms with Gasteiger partial charge in [-0.15, -0.1) is 0 Å². The molecule has 100 valence electrons. The highest BCUT2D eigenvalue weighted by Crippen LogP contribution is 2.18. The van der Waals surface area contributed by atoms with Gasteiger partial charge in [-0.1, -0.05) is 42.1 Å². The van der Waals surface area contributed by atoms with Crippen molar-refractivity contribution in [3.05, 3.63) is 42.0 Å². The zero-order valence-electron chi connectivity index (χ0n) is 11.2. The normalized spacial score (nSPS) is 10.4. The Morgan fingerprint density at radius 1 is 1.21 bits per heavy atom. The first kappa shape index (κ1) is 13.7. The van der Waals surface area contributed by atoms with Gasteiger partial charge in [0.2, 0.25) is 0 Å². The number of benzene rings is 1. The van der Waals surface area contributed by atoms with Gasteiger partial charge in [0.1, 0.15) is 11.6 Å². The van der Waals surface area contributed by atoms with Crippen molar-refractivity contribution >= 4 is 23.4 Å². The van der Waals surface area contributed by atoms with Gasteiger partial charge in [-0.2, -0.15) is 0 Å². The van der Waals surface area contributed by atoms with Gasteiger partial charge < -0.3 is 10.6 Å². The summed E-state index contributed by atoms with van der Waals surface area (Å²) in [5, 5.41) is 0.710. The second-order valence-corrected chi connectivity index (χ2v) is 5.07. The number of aromatic nitrogens is 2. The van der Waals surface area contributed by atoms with E-state index in [0.717, 1.165) is 18.8 Å². The molecule has 19 heavy (non-hydrogen) atoms. The van der Waals surface area contributed by atoms with Crippen LogP contribution >= 0.6 is 11.8 Å². The van der Waals surface area contributed by atoms with Crippen molar-refractivity contribution in [3.8, 4) is 0 Å². The Labute approximate surface area is 118 Å². The van der Waals surface area contributed by atoms with Crippen LogP contribution in [0.2, 0.25) is 0 Å². The molecule has 0 aliphatic heterocycles. The number of nitrogen functional groups attached to an aromatic ring is 1. The summed E-state index contributed by atoms with van der Waals surface area (Å²) < 4.78 is 0. The Kier molecular flexibility index (Phi) is 4.63. The molecule has 0 radical (unpaired) electrons. The molecule has 4 nitrogen and oxygen atoms in total. The minimum atomic E-state index is 0.515. The second kappa shape index (κ2) is 6.43. The third-order valence-electron chi connectivity index (χ3n) is 2.86. The fraction of sp³-hybridized carbons (Fsp3) is 0.286. The molecule has 5 heteroatoms. The second-order valence-electron chi connectivity index (χ2n) is 4.29. The SMILES string of the molecule is CSc1nc(N)cc(N(C)CCc2ccccc2)n1. The van der Waals surface area contributed by atoms with Crippen LogP contribution < -0.4 is 10.6 Å². The Hall–Kier alpha value is -1.75. The zero-order chi connectivity index (χ0) is 13.7. The van der Waals surface area contributed by atoms with Crippen LogP contribution in [0.1, 0.15) is 5.56 Å². The van der Waals surface area contributed by atoms with E-state index in [4.69, 9.17) is 5.73 Å². The molecule has 0 saturated carbocycles. The molecule has 0 spiro atoms. The lowest BCUT2D eigenvalue weighted by Crippen LogP contribution is -2.22. The van der Waals surface area contributed by atoms with E-state index in [-0.39, 0.29) is 0 Å². The maximum atomic E-state index is 5.79. The van der Waals surface area contributed by atoms with Gasteiger partial charge in [0.25, 0.3) is 0 Å². The van der Waals surface area contributed by atoms with Crippen LogP contribution in [-0.2, 0) is 6.42 Å². The molecule has 2 rings (SSSR count). The quantitative estimate of drug-likeness (QED) is 0.670. The number of hydrogen-bond acceptors (Lipinski definition) is 5. The molecule has 0 unspecified atom stereocenters. The fourth-order valence-corrected chi connectivity index (χ4v) is 2.15. The van der Waals surface area contributed by atoms with Gasteiger partial charge in [-0.25, -0.2) is 9.97 Å². The summed E-state index contributed by atoms with van der Waals surface area (Å²) in [4.78, 5) is 10.7. The third kappa shape index (κ3) is 3.86. The number of anilines is 2. The van der Waals surface area contributed by atoms with E-state index in [1.165, 1.54) is 17.3 Å². The van der Waals surface area contributed by atoms with Crippen molar-refractivity contribution < 1.29 is 0 Å². The largest absolute Gasteiger partial charge is 0.383 e. The summed E-state index contributed by atoms with van der Waals surface area (Å²) in [5.41, 5.74) is 7.11. The highest BCUT2D eigenvalue weighted by atomic mass is 32.2. The predicted molar refractivity (Wildman–Crippen MR) is 81.6 cm³/mol. The number of likely N-dealkylation sites (N-methyl/N-ethyl adjacent to an activating group) is 1. The summed E-state index contributed by atoms with van der Waals surface area (Å²) in [6.07, 6.45) is 2.93. The van der Waals surface area contributed by atoms with E-state index in [2.05, 4.69) is 39.1 Å². The standard InChI is InChI=1S/C14H18N4S/c1-18(9-8-11-6-4-3-5-7-11)13-10-12(15)16-14(17-13)19-2/h3-7,10H,8-9H2,1-2H3,(H2,15,16,17). The number of nitrogens with two attached hydrogens (primary N) is 1. The number of nitrogens with zero attached hydrogens (tertiary/aromatic N) is 3. The van der Waals surface area contributed by atoms with Gasteiger partial charge >= 0.3 is 0 Å². The lowest BCUT2D eigenvalue weighted by Gasteiger charge is -2.18. The van der Waals surface area contributed by atoms with Gasteiger partial charge in [-0.3, -0.25) is 0 Å². The molecule has 1 aromatic heterocycles. The summed E-state index contributed by atoms with van der Waals surface area (Å²) >= 11 is 1.50. The first-order valence-corrected chi connectivity index (χ1v) is 7.35. The maximum Gasteiger partial charge on any atom is 0.191 e. The maximum absolute atomic E-state index is 5.79. The Bertz CT molecular complexity index is 530. The van der Waals surface area contributed by atoms with E-state index < -0.39 is 0 Å². The number of rotatable bonds is 5. The van der Waals surface area contributed by atoms with Crippen molar-refractivity contribution in [1.82, 2.24) is 9.97 Å². The Balaban J connectivity index is 2.03. The topological polar surface area (TPSA) is 55.0 Å². The summed E-state index contributed by atoms with van der Waals surface area (Å²) in [5.74, 6) is 1.38. The lowest BCUT2D eigenvalue weighted by molar-refractivity contribution is 0.836. The molecule has 1 aromatic carbocycles. The van der Waals surface area contributed by atoms with Gasteiger partial charge in [0.15, 0.2) is 5.16 Å². The average Bonchev–Trinajstić information content (AvgIpc) is 2.45. The number of thioether (sulfide) groups is 1. The molecular formula is C14H18N4S. The Morgan fingerprint density at radius 2 is 1.95 bits per heavy atom. The Morgan fingerprint density at radius 3 is 2.63 bits per heavy atom. The van der Waals surface area contributed by atoms with Gasteiger partial charge in [-0.05, 0) is 18.2 Å². The summed E-state index contributed by atoms with van der Waals surface area (Å²) in [6.45, 7) is 0.897. The molecule has 2 aromatic rings. The zero-order valence-corrected chi connectivity index (χ0v) is 12.0. The highest BCUT2D eigenvalue weighted by molar-refractivity contribution is 7.98. The van der Waals surface area contributed by atoms with E-state index >= 15 is 0 Å². The van der Waals surface area contributed by atoms with E-state index in [0.29, 0.717) is 11.0 Å². The summed E-state index contributed by atoms with van der Waals surface area (Å²) in [7, 11) is 2.02. The van der Waals surface area contributed by atoms with Gasteiger partial charge in [0, 0.05) is 19.7 Å². The predicted octanol–water partition coefficient (Wildman–Crippen LogP) is 2.46. The summed E-state index contributed by atoms with van der Waals surface area (Å²) in [6, 6.07) is 12.2. The van der Waals surface area contributed by atoms with Crippen LogP contribution in [-0.4, -0.2) is 29.8 Å². The monoisotopic (exact) mass is 274 g/mol. The van der Waals surface area contributed by atoms with Crippen molar-refractivity contribution in [3.63, 3.8) is 0 Å². The average molecular weight is 274 g/mol. The van der Waals surface area contributed by atoms with E-state index in [1.54, 1.807) is 0 Å². The molecule has 0 atom stereocenters. The first-order chi connectivity index (χ1) is 9.19. The van der Waals surface area contributed by atoms with Gasteiger partial charge in [0.05, 0.1) is 0 Å². The van der Waals surface area contributed by atoms with Crippen LogP contribution in [0.25, 0.3) is 0 Å². The first-order valence-electron chi connectivity index (χ1n) is 6.12. The number of hydrogen-bond donors (Lipinski definition) is 1. The molecule has 1 heterocycles. The van der Waals surface area contributed by atoms with Crippen molar-refractivity contribution in [1.29, 1.82) is 0 Å².